The number of ether oxygens (including phenoxy) is 2. The highest BCUT2D eigenvalue weighted by Gasteiger charge is 2.42. The van der Waals surface area contributed by atoms with Crippen molar-refractivity contribution in [3.8, 4) is 0 Å². The van der Waals surface area contributed by atoms with Gasteiger partial charge < -0.3 is 14.8 Å². The lowest BCUT2D eigenvalue weighted by Gasteiger charge is -2.33. The summed E-state index contributed by atoms with van der Waals surface area (Å²) >= 11 is 0. The molecule has 2 saturated heterocycles. The summed E-state index contributed by atoms with van der Waals surface area (Å²) in [5.41, 5.74) is -0.412. The van der Waals surface area contributed by atoms with E-state index in [1.54, 1.807) is 0 Å². The average Bonchev–Trinajstić information content (AvgIpc) is 2.61. The fourth-order valence-electron chi connectivity index (χ4n) is 2.50. The number of piperidine rings is 1. The van der Waals surface area contributed by atoms with Crippen LogP contribution in [0.25, 0.3) is 0 Å². The van der Waals surface area contributed by atoms with Crippen LogP contribution in [0.3, 0.4) is 0 Å². The van der Waals surface area contributed by atoms with Crippen molar-refractivity contribution in [1.29, 1.82) is 0 Å². The van der Waals surface area contributed by atoms with Crippen molar-refractivity contribution in [2.45, 2.75) is 51.4 Å². The summed E-state index contributed by atoms with van der Waals surface area (Å²) in [6.07, 6.45) is 2.21. The van der Waals surface area contributed by atoms with Gasteiger partial charge in [0, 0.05) is 12.5 Å². The number of hydrogen-bond donors (Lipinski definition) is 1. The summed E-state index contributed by atoms with van der Waals surface area (Å²) in [6.45, 7) is 7.31. The zero-order valence-electron chi connectivity index (χ0n) is 10.3. The van der Waals surface area contributed by atoms with Crippen molar-refractivity contribution < 1.29 is 14.3 Å². The molecule has 2 aliphatic rings. The van der Waals surface area contributed by atoms with Crippen LogP contribution in [0.15, 0.2) is 0 Å². The van der Waals surface area contributed by atoms with Crippen molar-refractivity contribution in [3.63, 3.8) is 0 Å². The van der Waals surface area contributed by atoms with Crippen molar-refractivity contribution in [1.82, 2.24) is 5.32 Å². The predicted molar refractivity (Wildman–Crippen MR) is 60.1 cm³/mol. The summed E-state index contributed by atoms with van der Waals surface area (Å²) in [5.74, 6) is 0.163. The largest absolute Gasteiger partial charge is 0.459 e. The third kappa shape index (κ3) is 2.55. The summed E-state index contributed by atoms with van der Waals surface area (Å²) in [5, 5.41) is 3.26. The normalized spacial score (nSPS) is 34.6. The van der Waals surface area contributed by atoms with E-state index < -0.39 is 5.60 Å². The number of fused-ring (bicyclic) bond motifs is 1. The molecule has 2 fully saturated rings. The van der Waals surface area contributed by atoms with E-state index in [1.807, 2.05) is 20.8 Å². The van der Waals surface area contributed by atoms with E-state index >= 15 is 0 Å². The molecule has 0 aromatic carbocycles. The number of rotatable bonds is 1. The van der Waals surface area contributed by atoms with Crippen molar-refractivity contribution in [3.05, 3.63) is 0 Å². The molecular formula is C12H21NO3. The number of carbonyl (C=O) groups excluding carboxylic acids is 1. The maximum atomic E-state index is 12.0. The van der Waals surface area contributed by atoms with Crippen molar-refractivity contribution >= 4 is 5.97 Å². The SMILES string of the molecule is CC(C)(C)OC(=O)C1NCC[C@@H]2OCC[C@H]12. The summed E-state index contributed by atoms with van der Waals surface area (Å²) in [6, 6.07) is -0.180. The Morgan fingerprint density at radius 2 is 2.12 bits per heavy atom. The lowest BCUT2D eigenvalue weighted by molar-refractivity contribution is -0.160. The van der Waals surface area contributed by atoms with Crippen LogP contribution in [0.5, 0.6) is 0 Å². The van der Waals surface area contributed by atoms with Crippen LogP contribution in [0.2, 0.25) is 0 Å². The topological polar surface area (TPSA) is 47.6 Å². The zero-order chi connectivity index (χ0) is 11.8. The molecule has 0 bridgehead atoms. The molecule has 16 heavy (non-hydrogen) atoms. The molecule has 2 heterocycles. The van der Waals surface area contributed by atoms with E-state index in [1.165, 1.54) is 0 Å². The van der Waals surface area contributed by atoms with E-state index in [2.05, 4.69) is 5.32 Å². The van der Waals surface area contributed by atoms with Gasteiger partial charge in [0.05, 0.1) is 6.10 Å². The van der Waals surface area contributed by atoms with Gasteiger partial charge in [-0.3, -0.25) is 4.79 Å². The minimum absolute atomic E-state index is 0.132. The number of nitrogens with one attached hydrogen (secondary N) is 1. The van der Waals surface area contributed by atoms with Crippen LogP contribution in [0.1, 0.15) is 33.6 Å². The minimum Gasteiger partial charge on any atom is -0.459 e. The quantitative estimate of drug-likeness (QED) is 0.681. The molecule has 0 amide bonds. The number of carbonyl (C=O) groups is 1. The smallest absolute Gasteiger partial charge is 0.324 e. The summed E-state index contributed by atoms with van der Waals surface area (Å²) < 4.78 is 11.0. The Labute approximate surface area is 96.7 Å². The number of hydrogen-bond acceptors (Lipinski definition) is 4. The van der Waals surface area contributed by atoms with Crippen LogP contribution in [-0.2, 0) is 14.3 Å². The molecule has 0 radical (unpaired) electrons. The molecule has 4 nitrogen and oxygen atoms in total. The van der Waals surface area contributed by atoms with Crippen LogP contribution >= 0.6 is 0 Å². The summed E-state index contributed by atoms with van der Waals surface area (Å²) in [7, 11) is 0. The van der Waals surface area contributed by atoms with Gasteiger partial charge >= 0.3 is 5.97 Å². The first-order valence-electron chi connectivity index (χ1n) is 6.05. The standard InChI is InChI=1S/C12H21NO3/c1-12(2,3)16-11(14)10-8-5-7-15-9(8)4-6-13-10/h8-10,13H,4-7H2,1-3H3/t8-,9-,10?/m0/s1. The van der Waals surface area contributed by atoms with Gasteiger partial charge in [-0.25, -0.2) is 0 Å². The maximum absolute atomic E-state index is 12.0. The Bertz CT molecular complexity index is 272. The Morgan fingerprint density at radius 1 is 1.38 bits per heavy atom. The van der Waals surface area contributed by atoms with E-state index in [4.69, 9.17) is 9.47 Å². The molecule has 92 valence electrons. The van der Waals surface area contributed by atoms with Gasteiger partial charge in [0.1, 0.15) is 11.6 Å². The number of esters is 1. The molecule has 0 saturated carbocycles. The first-order chi connectivity index (χ1) is 7.47. The van der Waals surface area contributed by atoms with Gasteiger partial charge in [-0.2, -0.15) is 0 Å². The van der Waals surface area contributed by atoms with E-state index in [9.17, 15) is 4.79 Å². The lowest BCUT2D eigenvalue weighted by atomic mass is 9.87. The third-order valence-electron chi connectivity index (χ3n) is 3.14. The fourth-order valence-corrected chi connectivity index (χ4v) is 2.50. The van der Waals surface area contributed by atoms with Crippen LogP contribution in [-0.4, -0.2) is 36.9 Å². The highest BCUT2D eigenvalue weighted by Crippen LogP contribution is 2.30. The molecule has 4 heteroatoms. The molecular weight excluding hydrogens is 206 g/mol. The highest BCUT2D eigenvalue weighted by molar-refractivity contribution is 5.77. The third-order valence-corrected chi connectivity index (χ3v) is 3.14. The van der Waals surface area contributed by atoms with E-state index in [0.717, 1.165) is 26.0 Å². The van der Waals surface area contributed by atoms with Gasteiger partial charge in [-0.15, -0.1) is 0 Å². The van der Waals surface area contributed by atoms with Crippen molar-refractivity contribution in [2.75, 3.05) is 13.2 Å². The van der Waals surface area contributed by atoms with Crippen LogP contribution < -0.4 is 5.32 Å². The van der Waals surface area contributed by atoms with Gasteiger partial charge in [-0.1, -0.05) is 0 Å². The Kier molecular flexibility index (Phi) is 3.22. The monoisotopic (exact) mass is 227 g/mol. The van der Waals surface area contributed by atoms with Gasteiger partial charge in [0.2, 0.25) is 0 Å². The lowest BCUT2D eigenvalue weighted by Crippen LogP contribution is -2.52. The molecule has 0 aliphatic carbocycles. The summed E-state index contributed by atoms with van der Waals surface area (Å²) in [4.78, 5) is 12.0. The molecule has 3 atom stereocenters. The Balaban J connectivity index is 2.00. The first kappa shape index (κ1) is 11.9. The molecule has 1 unspecified atom stereocenters. The molecule has 2 rings (SSSR count). The second kappa shape index (κ2) is 4.34. The molecule has 2 aliphatic heterocycles. The van der Waals surface area contributed by atoms with E-state index in [-0.39, 0.29) is 18.1 Å². The van der Waals surface area contributed by atoms with Gasteiger partial charge in [-0.05, 0) is 40.2 Å². The average molecular weight is 227 g/mol. The molecule has 0 spiro atoms. The fraction of sp³-hybridized carbons (Fsp3) is 0.917. The Morgan fingerprint density at radius 3 is 2.81 bits per heavy atom. The van der Waals surface area contributed by atoms with E-state index in [0.29, 0.717) is 5.92 Å². The first-order valence-corrected chi connectivity index (χ1v) is 6.05. The van der Waals surface area contributed by atoms with Crippen molar-refractivity contribution in [2.24, 2.45) is 5.92 Å². The highest BCUT2D eigenvalue weighted by atomic mass is 16.6. The minimum atomic E-state index is -0.412. The maximum Gasteiger partial charge on any atom is 0.324 e. The van der Waals surface area contributed by atoms with Crippen LogP contribution in [0, 0.1) is 5.92 Å². The second-order valence-corrected chi connectivity index (χ2v) is 5.62. The predicted octanol–water partition coefficient (Wildman–Crippen LogP) is 1.10. The molecule has 0 aromatic rings. The molecule has 0 aromatic heterocycles. The van der Waals surface area contributed by atoms with Crippen LogP contribution in [0.4, 0.5) is 0 Å². The zero-order valence-corrected chi connectivity index (χ0v) is 10.3. The Hall–Kier alpha value is -0.610. The van der Waals surface area contributed by atoms with Gasteiger partial charge in [0.15, 0.2) is 0 Å². The molecule has 1 N–H and O–H groups in total. The van der Waals surface area contributed by atoms with Gasteiger partial charge in [0.25, 0.3) is 0 Å². The second-order valence-electron chi connectivity index (χ2n) is 5.62.